The fourth-order valence-corrected chi connectivity index (χ4v) is 4.34. The van der Waals surface area contributed by atoms with E-state index in [0.29, 0.717) is 11.6 Å². The molecule has 0 saturated carbocycles. The van der Waals surface area contributed by atoms with Crippen molar-refractivity contribution in [3.8, 4) is 17.0 Å². The number of ether oxygens (including phenoxy) is 1. The van der Waals surface area contributed by atoms with Crippen molar-refractivity contribution in [2.75, 3.05) is 18.8 Å². The van der Waals surface area contributed by atoms with Crippen molar-refractivity contribution >= 4 is 18.2 Å². The molecule has 2 aliphatic heterocycles. The van der Waals surface area contributed by atoms with Gasteiger partial charge in [-0.25, -0.2) is 4.98 Å². The second-order valence-corrected chi connectivity index (χ2v) is 7.75. The first-order chi connectivity index (χ1) is 13.6. The molecular formula is C21H25ClN6O. The van der Waals surface area contributed by atoms with Gasteiger partial charge >= 0.3 is 0 Å². The first-order valence-corrected chi connectivity index (χ1v) is 9.76. The van der Waals surface area contributed by atoms with Crippen LogP contribution in [0.1, 0.15) is 37.1 Å². The number of hydrogen-bond acceptors (Lipinski definition) is 6. The van der Waals surface area contributed by atoms with Crippen molar-refractivity contribution in [1.29, 1.82) is 0 Å². The summed E-state index contributed by atoms with van der Waals surface area (Å²) >= 11 is 0. The third-order valence-electron chi connectivity index (χ3n) is 6.00. The molecule has 29 heavy (non-hydrogen) atoms. The summed E-state index contributed by atoms with van der Waals surface area (Å²) in [6, 6.07) is 8.03. The Morgan fingerprint density at radius 2 is 2.17 bits per heavy atom. The van der Waals surface area contributed by atoms with Gasteiger partial charge in [0.15, 0.2) is 11.6 Å². The lowest BCUT2D eigenvalue weighted by Crippen LogP contribution is -2.25. The maximum Gasteiger partial charge on any atom is 0.166 e. The average molecular weight is 413 g/mol. The molecule has 3 aromatic heterocycles. The highest BCUT2D eigenvalue weighted by Crippen LogP contribution is 2.41. The fourth-order valence-electron chi connectivity index (χ4n) is 4.34. The van der Waals surface area contributed by atoms with Gasteiger partial charge in [-0.3, -0.25) is 9.67 Å². The van der Waals surface area contributed by atoms with Crippen LogP contribution in [0.4, 0.5) is 5.82 Å². The number of rotatable bonds is 4. The van der Waals surface area contributed by atoms with Crippen LogP contribution in [0, 0.1) is 0 Å². The number of pyridine rings is 2. The van der Waals surface area contributed by atoms with Crippen molar-refractivity contribution in [3.05, 3.63) is 54.1 Å². The van der Waals surface area contributed by atoms with Crippen LogP contribution in [0.5, 0.6) is 5.75 Å². The molecule has 0 aliphatic carbocycles. The largest absolute Gasteiger partial charge is 0.482 e. The van der Waals surface area contributed by atoms with Gasteiger partial charge in [-0.05, 0) is 44.5 Å². The minimum atomic E-state index is -0.173. The third kappa shape index (κ3) is 3.45. The molecule has 0 radical (unpaired) electrons. The van der Waals surface area contributed by atoms with Crippen molar-refractivity contribution in [1.82, 2.24) is 25.1 Å². The molecule has 1 fully saturated rings. The van der Waals surface area contributed by atoms with Crippen LogP contribution in [0.3, 0.4) is 0 Å². The van der Waals surface area contributed by atoms with E-state index < -0.39 is 0 Å². The molecule has 1 unspecified atom stereocenters. The molecule has 3 aromatic rings. The van der Waals surface area contributed by atoms with Crippen molar-refractivity contribution in [3.63, 3.8) is 0 Å². The monoisotopic (exact) mass is 412 g/mol. The number of nitrogens with zero attached hydrogens (tertiary/aromatic N) is 4. The van der Waals surface area contributed by atoms with Crippen LogP contribution < -0.4 is 15.8 Å². The minimum Gasteiger partial charge on any atom is -0.482 e. The molecule has 3 N–H and O–H groups in total. The lowest BCUT2D eigenvalue weighted by atomic mass is 9.82. The lowest BCUT2D eigenvalue weighted by molar-refractivity contribution is 0.227. The highest BCUT2D eigenvalue weighted by atomic mass is 35.5. The van der Waals surface area contributed by atoms with Crippen LogP contribution in [0.15, 0.2) is 42.9 Å². The number of nitrogens with two attached hydrogens (primary N) is 1. The van der Waals surface area contributed by atoms with Crippen LogP contribution >= 0.6 is 12.4 Å². The quantitative estimate of drug-likeness (QED) is 0.684. The Bertz CT molecular complexity index is 1000. The summed E-state index contributed by atoms with van der Waals surface area (Å²) in [7, 11) is 0. The number of anilines is 1. The van der Waals surface area contributed by atoms with E-state index in [1.54, 1.807) is 18.6 Å². The van der Waals surface area contributed by atoms with Gasteiger partial charge in [-0.15, -0.1) is 12.4 Å². The van der Waals surface area contributed by atoms with Crippen molar-refractivity contribution in [2.45, 2.75) is 37.8 Å². The number of aryl methyl sites for hydroxylation is 1. The summed E-state index contributed by atoms with van der Waals surface area (Å²) in [6.45, 7) is 5.06. The molecule has 2 aliphatic rings. The average Bonchev–Trinajstić information content (AvgIpc) is 3.43. The molecule has 7 nitrogen and oxygen atoms in total. The summed E-state index contributed by atoms with van der Waals surface area (Å²) < 4.78 is 8.24. The Morgan fingerprint density at radius 3 is 2.93 bits per heavy atom. The summed E-state index contributed by atoms with van der Waals surface area (Å²) in [4.78, 5) is 8.50. The summed E-state index contributed by atoms with van der Waals surface area (Å²) in [6.07, 6.45) is 7.49. The lowest BCUT2D eigenvalue weighted by Gasteiger charge is -2.20. The van der Waals surface area contributed by atoms with Crippen LogP contribution in [-0.2, 0) is 12.0 Å². The zero-order valence-electron chi connectivity index (χ0n) is 16.3. The van der Waals surface area contributed by atoms with E-state index in [9.17, 15) is 0 Å². The fraction of sp³-hybridized carbons (Fsp3) is 0.381. The zero-order chi connectivity index (χ0) is 19.1. The summed E-state index contributed by atoms with van der Waals surface area (Å²) in [5.41, 5.74) is 10.5. The molecule has 0 aromatic carbocycles. The molecule has 2 atom stereocenters. The van der Waals surface area contributed by atoms with Gasteiger partial charge in [0.05, 0.1) is 5.69 Å². The first-order valence-electron chi connectivity index (χ1n) is 9.76. The summed E-state index contributed by atoms with van der Waals surface area (Å²) in [5, 5.41) is 8.33. The molecule has 8 heteroatoms. The second kappa shape index (κ2) is 7.65. The van der Waals surface area contributed by atoms with Crippen molar-refractivity contribution in [2.24, 2.45) is 0 Å². The number of nitrogen functional groups attached to an aromatic ring is 1. The van der Waals surface area contributed by atoms with Gasteiger partial charge in [0.2, 0.25) is 0 Å². The molecule has 1 saturated heterocycles. The van der Waals surface area contributed by atoms with E-state index in [0.717, 1.165) is 36.5 Å². The maximum atomic E-state index is 6.09. The number of fused-ring (bicyclic) bond motifs is 2. The molecule has 0 bridgehead atoms. The predicted molar refractivity (Wildman–Crippen MR) is 114 cm³/mol. The van der Waals surface area contributed by atoms with Crippen LogP contribution in [-0.4, -0.2) is 32.8 Å². The summed E-state index contributed by atoms with van der Waals surface area (Å²) in [5.74, 6) is 0.946. The van der Waals surface area contributed by atoms with Gasteiger partial charge in [-0.1, -0.05) is 6.07 Å². The number of aromatic nitrogens is 4. The Balaban J connectivity index is 0.00000205. The minimum absolute atomic E-state index is 0. The Morgan fingerprint density at radius 1 is 1.28 bits per heavy atom. The van der Waals surface area contributed by atoms with Gasteiger partial charge in [-0.2, -0.15) is 5.10 Å². The number of hydrogen-bond donors (Lipinski definition) is 2. The smallest absolute Gasteiger partial charge is 0.166 e. The normalized spacial score (nSPS) is 21.0. The van der Waals surface area contributed by atoms with E-state index in [1.807, 2.05) is 25.1 Å². The van der Waals surface area contributed by atoms with E-state index in [-0.39, 0.29) is 23.9 Å². The predicted octanol–water partition coefficient (Wildman–Crippen LogP) is 3.12. The molecule has 0 amide bonds. The molecule has 1 spiro atoms. The standard InChI is InChI=1S/C21H24N6O.ClH/c1-14(15-3-2-6-23-11-15)28-18-9-16(12-25-20(18)22)17-10-19-21(4-7-24-13-21)5-8-27(19)26-17;/h2-3,6,9-12,14,24H,4-5,7-8,13H2,1H3,(H2,22,25);1H/t14-,21?;/m0./s1. The maximum absolute atomic E-state index is 6.09. The Hall–Kier alpha value is -2.64. The topological polar surface area (TPSA) is 90.9 Å². The highest BCUT2D eigenvalue weighted by Gasteiger charge is 2.42. The molecule has 5 rings (SSSR count). The van der Waals surface area contributed by atoms with Crippen LogP contribution in [0.2, 0.25) is 0 Å². The SMILES string of the molecule is C[C@H](Oc1cc(-c2cc3n(n2)CCC32CCNC2)cnc1N)c1cccnc1.Cl. The Kier molecular flexibility index (Phi) is 5.19. The molecular weight excluding hydrogens is 388 g/mol. The van der Waals surface area contributed by atoms with E-state index in [2.05, 4.69) is 26.0 Å². The Labute approximate surface area is 176 Å². The van der Waals surface area contributed by atoms with Gasteiger partial charge in [0, 0.05) is 53.9 Å². The molecule has 5 heterocycles. The van der Waals surface area contributed by atoms with Crippen LogP contribution in [0.25, 0.3) is 11.3 Å². The third-order valence-corrected chi connectivity index (χ3v) is 6.00. The second-order valence-electron chi connectivity index (χ2n) is 7.75. The van der Waals surface area contributed by atoms with E-state index >= 15 is 0 Å². The van der Waals surface area contributed by atoms with E-state index in [1.165, 1.54) is 18.5 Å². The number of halogens is 1. The van der Waals surface area contributed by atoms with Gasteiger partial charge in [0.25, 0.3) is 0 Å². The molecule has 152 valence electrons. The number of nitrogens with one attached hydrogen (secondary N) is 1. The van der Waals surface area contributed by atoms with Crippen molar-refractivity contribution < 1.29 is 4.74 Å². The van der Waals surface area contributed by atoms with E-state index in [4.69, 9.17) is 15.6 Å². The highest BCUT2D eigenvalue weighted by molar-refractivity contribution is 5.85. The van der Waals surface area contributed by atoms with Gasteiger partial charge < -0.3 is 15.8 Å². The zero-order valence-corrected chi connectivity index (χ0v) is 17.2. The first kappa shape index (κ1) is 19.7. The van der Waals surface area contributed by atoms with Gasteiger partial charge in [0.1, 0.15) is 6.10 Å².